The number of benzene rings is 1. The molecule has 0 saturated heterocycles. The lowest BCUT2D eigenvalue weighted by Gasteiger charge is -2.14. The second kappa shape index (κ2) is 7.98. The van der Waals surface area contributed by atoms with Crippen LogP contribution in [-0.4, -0.2) is 19.8 Å². The van der Waals surface area contributed by atoms with Gasteiger partial charge in [-0.3, -0.25) is 0 Å². The summed E-state index contributed by atoms with van der Waals surface area (Å²) in [4.78, 5) is 0. The quantitative estimate of drug-likeness (QED) is 0.554. The first kappa shape index (κ1) is 13.9. The van der Waals surface area contributed by atoms with Gasteiger partial charge in [0, 0.05) is 18.2 Å². The third-order valence-electron chi connectivity index (χ3n) is 2.53. The molecule has 0 heterocycles. The number of halogens is 1. The molecule has 0 bridgehead atoms. The Morgan fingerprint density at radius 2 is 2.18 bits per heavy atom. The average molecular weight is 237 g/mol. The van der Waals surface area contributed by atoms with Crippen LogP contribution in [0.5, 0.6) is 0 Å². The van der Waals surface area contributed by atoms with Crippen molar-refractivity contribution in [1.82, 2.24) is 5.32 Å². The normalized spacial score (nSPS) is 12.4. The smallest absolute Gasteiger partial charge is 0.127 e. The van der Waals surface area contributed by atoms with Crippen LogP contribution in [0.4, 0.5) is 4.39 Å². The molecule has 1 aromatic carbocycles. The van der Waals surface area contributed by atoms with Crippen molar-refractivity contribution in [2.75, 3.05) is 19.8 Å². The zero-order valence-electron chi connectivity index (χ0n) is 10.3. The first-order chi connectivity index (χ1) is 8.25. The molecular weight excluding hydrogens is 217 g/mol. The summed E-state index contributed by atoms with van der Waals surface area (Å²) in [5.41, 5.74) is 0.693. The molecule has 0 aromatic heterocycles. The van der Waals surface area contributed by atoms with E-state index in [4.69, 9.17) is 4.74 Å². The molecule has 0 aliphatic rings. The molecule has 94 valence electrons. The Morgan fingerprint density at radius 1 is 1.41 bits per heavy atom. The van der Waals surface area contributed by atoms with Crippen LogP contribution in [0, 0.1) is 5.82 Å². The fourth-order valence-electron chi connectivity index (χ4n) is 1.55. The molecule has 1 unspecified atom stereocenters. The van der Waals surface area contributed by atoms with Crippen molar-refractivity contribution in [3.63, 3.8) is 0 Å². The highest BCUT2D eigenvalue weighted by Gasteiger charge is 2.08. The zero-order chi connectivity index (χ0) is 12.5. The summed E-state index contributed by atoms with van der Waals surface area (Å²) in [6.07, 6.45) is 2.69. The van der Waals surface area contributed by atoms with Gasteiger partial charge in [-0.1, -0.05) is 24.3 Å². The molecule has 1 aromatic rings. The molecule has 3 heteroatoms. The van der Waals surface area contributed by atoms with Gasteiger partial charge in [-0.2, -0.15) is 0 Å². The van der Waals surface area contributed by atoms with Crippen molar-refractivity contribution in [2.24, 2.45) is 0 Å². The molecule has 0 fully saturated rings. The highest BCUT2D eigenvalue weighted by molar-refractivity contribution is 5.20. The maximum Gasteiger partial charge on any atom is 0.127 e. The van der Waals surface area contributed by atoms with Crippen LogP contribution in [0.3, 0.4) is 0 Å². The third-order valence-corrected chi connectivity index (χ3v) is 2.53. The molecule has 0 saturated carbocycles. The van der Waals surface area contributed by atoms with E-state index in [0.29, 0.717) is 25.3 Å². The molecule has 1 N–H and O–H groups in total. The van der Waals surface area contributed by atoms with Gasteiger partial charge in [0.05, 0.1) is 13.2 Å². The van der Waals surface area contributed by atoms with Gasteiger partial charge in [-0.05, 0) is 19.4 Å². The van der Waals surface area contributed by atoms with Gasteiger partial charge in [0.15, 0.2) is 0 Å². The molecule has 0 aliphatic heterocycles. The Kier molecular flexibility index (Phi) is 6.51. The second-order valence-electron chi connectivity index (χ2n) is 3.89. The van der Waals surface area contributed by atoms with Crippen LogP contribution in [-0.2, 0) is 4.74 Å². The van der Waals surface area contributed by atoms with Crippen LogP contribution in [0.25, 0.3) is 0 Å². The lowest BCUT2D eigenvalue weighted by Crippen LogP contribution is -2.24. The molecule has 2 nitrogen and oxygen atoms in total. The number of hydrogen-bond acceptors (Lipinski definition) is 2. The van der Waals surface area contributed by atoms with E-state index in [2.05, 4.69) is 11.9 Å². The van der Waals surface area contributed by atoms with Crippen molar-refractivity contribution < 1.29 is 9.13 Å². The van der Waals surface area contributed by atoms with Crippen LogP contribution >= 0.6 is 0 Å². The van der Waals surface area contributed by atoms with Crippen molar-refractivity contribution in [2.45, 2.75) is 19.4 Å². The predicted molar refractivity (Wildman–Crippen MR) is 68.5 cm³/mol. The lowest BCUT2D eigenvalue weighted by atomic mass is 10.1. The first-order valence-electron chi connectivity index (χ1n) is 5.92. The molecular formula is C14H20FNO. The highest BCUT2D eigenvalue weighted by atomic mass is 19.1. The van der Waals surface area contributed by atoms with Crippen LogP contribution < -0.4 is 5.32 Å². The maximum atomic E-state index is 13.4. The minimum Gasteiger partial charge on any atom is -0.380 e. The summed E-state index contributed by atoms with van der Waals surface area (Å²) in [6.45, 7) is 7.61. The van der Waals surface area contributed by atoms with E-state index in [1.54, 1.807) is 12.1 Å². The fourth-order valence-corrected chi connectivity index (χ4v) is 1.55. The van der Waals surface area contributed by atoms with Crippen LogP contribution in [0.2, 0.25) is 0 Å². The fraction of sp³-hybridized carbons (Fsp3) is 0.429. The topological polar surface area (TPSA) is 21.3 Å². The largest absolute Gasteiger partial charge is 0.380 e. The summed E-state index contributed by atoms with van der Waals surface area (Å²) < 4.78 is 18.8. The van der Waals surface area contributed by atoms with Gasteiger partial charge < -0.3 is 10.1 Å². The third kappa shape index (κ3) is 5.11. The predicted octanol–water partition coefficient (Wildman–Crippen LogP) is 3.07. The minimum absolute atomic E-state index is 0.000737. The number of ether oxygens (including phenoxy) is 1. The maximum absolute atomic E-state index is 13.4. The van der Waals surface area contributed by atoms with E-state index in [0.717, 1.165) is 6.42 Å². The Hall–Kier alpha value is -1.19. The van der Waals surface area contributed by atoms with Crippen LogP contribution in [0.1, 0.15) is 24.9 Å². The molecule has 1 atom stereocenters. The van der Waals surface area contributed by atoms with Crippen molar-refractivity contribution in [3.05, 3.63) is 48.3 Å². The van der Waals surface area contributed by atoms with Crippen LogP contribution in [0.15, 0.2) is 36.9 Å². The van der Waals surface area contributed by atoms with E-state index in [9.17, 15) is 4.39 Å². The number of hydrogen-bond donors (Lipinski definition) is 1. The molecule has 0 radical (unpaired) electrons. The minimum atomic E-state index is -0.167. The van der Waals surface area contributed by atoms with E-state index < -0.39 is 0 Å². The SMILES string of the molecule is C=CCCOCCNC(C)c1ccccc1F. The van der Waals surface area contributed by atoms with Gasteiger partial charge in [0.25, 0.3) is 0 Å². The summed E-state index contributed by atoms with van der Waals surface area (Å²) in [5, 5.41) is 3.23. The lowest BCUT2D eigenvalue weighted by molar-refractivity contribution is 0.138. The second-order valence-corrected chi connectivity index (χ2v) is 3.89. The van der Waals surface area contributed by atoms with E-state index >= 15 is 0 Å². The Balaban J connectivity index is 2.23. The average Bonchev–Trinajstić information content (AvgIpc) is 2.34. The van der Waals surface area contributed by atoms with Crippen molar-refractivity contribution in [3.8, 4) is 0 Å². The summed E-state index contributed by atoms with van der Waals surface area (Å²) >= 11 is 0. The van der Waals surface area contributed by atoms with Gasteiger partial charge in [0.1, 0.15) is 5.82 Å². The van der Waals surface area contributed by atoms with Gasteiger partial charge >= 0.3 is 0 Å². The van der Waals surface area contributed by atoms with Crippen molar-refractivity contribution in [1.29, 1.82) is 0 Å². The first-order valence-corrected chi connectivity index (χ1v) is 5.92. The summed E-state index contributed by atoms with van der Waals surface area (Å²) in [6, 6.07) is 6.82. The van der Waals surface area contributed by atoms with Gasteiger partial charge in [-0.15, -0.1) is 6.58 Å². The highest BCUT2D eigenvalue weighted by Crippen LogP contribution is 2.15. The van der Waals surface area contributed by atoms with E-state index in [-0.39, 0.29) is 11.9 Å². The Morgan fingerprint density at radius 3 is 2.88 bits per heavy atom. The van der Waals surface area contributed by atoms with E-state index in [1.807, 2.05) is 19.1 Å². The Labute approximate surface area is 102 Å². The summed E-state index contributed by atoms with van der Waals surface area (Å²) in [5.74, 6) is -0.167. The Bertz CT molecular complexity index is 341. The van der Waals surface area contributed by atoms with Gasteiger partial charge in [0.2, 0.25) is 0 Å². The number of rotatable bonds is 8. The molecule has 1 rings (SSSR count). The monoisotopic (exact) mass is 237 g/mol. The molecule has 0 spiro atoms. The molecule has 0 amide bonds. The molecule has 17 heavy (non-hydrogen) atoms. The number of nitrogens with one attached hydrogen (secondary N) is 1. The van der Waals surface area contributed by atoms with Gasteiger partial charge in [-0.25, -0.2) is 4.39 Å². The standard InChI is InChI=1S/C14H20FNO/c1-3-4-10-17-11-9-16-12(2)13-7-5-6-8-14(13)15/h3,5-8,12,16H,1,4,9-11H2,2H3. The molecule has 0 aliphatic carbocycles. The zero-order valence-corrected chi connectivity index (χ0v) is 10.3. The van der Waals surface area contributed by atoms with Crippen molar-refractivity contribution >= 4 is 0 Å². The summed E-state index contributed by atoms with van der Waals surface area (Å²) in [7, 11) is 0. The van der Waals surface area contributed by atoms with E-state index in [1.165, 1.54) is 6.07 Å².